The average molecular weight is 392 g/mol. The van der Waals surface area contributed by atoms with Gasteiger partial charge in [-0.25, -0.2) is 5.06 Å². The number of anilines is 2. The summed E-state index contributed by atoms with van der Waals surface area (Å²) in [4.78, 5) is 10.5. The first-order valence-electron chi connectivity index (χ1n) is 7.91. The van der Waals surface area contributed by atoms with E-state index in [0.29, 0.717) is 11.6 Å². The van der Waals surface area contributed by atoms with Gasteiger partial charge < -0.3 is 5.32 Å². The largest absolute Gasteiger partial charge is 0.361 e. The molecular formula is C18H18ClN3OS2. The second-order valence-electron chi connectivity index (χ2n) is 5.83. The lowest BCUT2D eigenvalue weighted by atomic mass is 9.97. The molecule has 0 radical (unpaired) electrons. The maximum Gasteiger partial charge on any atom is 0.146 e. The zero-order chi connectivity index (χ0) is 17.4. The third-order valence-electron chi connectivity index (χ3n) is 4.52. The standard InChI is InChI=1S/C18H18ClN3OS2/c1-23-22-15-10-6-3-7-12(15)18(11-20-17(24-2)25-18)16(22)21-14-9-5-4-8-13(14)19/h3-10,16,21H,11H2,1-2H3/t16-,18-/m0/s1. The fourth-order valence-electron chi connectivity index (χ4n) is 3.39. The highest BCUT2D eigenvalue weighted by Crippen LogP contribution is 2.56. The number of rotatable bonds is 3. The molecule has 4 nitrogen and oxygen atoms in total. The molecule has 0 saturated heterocycles. The van der Waals surface area contributed by atoms with Gasteiger partial charge in [0.05, 0.1) is 30.1 Å². The lowest BCUT2D eigenvalue weighted by Crippen LogP contribution is -2.48. The van der Waals surface area contributed by atoms with Crippen LogP contribution in [-0.2, 0) is 9.58 Å². The van der Waals surface area contributed by atoms with Crippen molar-refractivity contribution in [3.63, 3.8) is 0 Å². The van der Waals surface area contributed by atoms with Gasteiger partial charge in [0.2, 0.25) is 0 Å². The first-order chi connectivity index (χ1) is 12.2. The molecule has 1 spiro atoms. The minimum atomic E-state index is -0.246. The van der Waals surface area contributed by atoms with Crippen molar-refractivity contribution in [3.05, 3.63) is 59.1 Å². The third kappa shape index (κ3) is 2.72. The molecule has 2 heterocycles. The van der Waals surface area contributed by atoms with Crippen LogP contribution in [0.25, 0.3) is 0 Å². The predicted molar refractivity (Wildman–Crippen MR) is 110 cm³/mol. The van der Waals surface area contributed by atoms with E-state index in [4.69, 9.17) is 21.4 Å². The number of thioether (sulfide) groups is 2. The zero-order valence-corrected chi connectivity index (χ0v) is 16.3. The number of hydrogen-bond donors (Lipinski definition) is 1. The Morgan fingerprint density at radius 1 is 1.28 bits per heavy atom. The highest BCUT2D eigenvalue weighted by Gasteiger charge is 2.55. The van der Waals surface area contributed by atoms with E-state index in [1.807, 2.05) is 35.4 Å². The quantitative estimate of drug-likeness (QED) is 0.811. The van der Waals surface area contributed by atoms with Crippen molar-refractivity contribution < 1.29 is 4.84 Å². The van der Waals surface area contributed by atoms with E-state index >= 15 is 0 Å². The van der Waals surface area contributed by atoms with E-state index in [9.17, 15) is 0 Å². The monoisotopic (exact) mass is 391 g/mol. The molecule has 2 aliphatic rings. The second-order valence-corrected chi connectivity index (χ2v) is 8.61. The van der Waals surface area contributed by atoms with Crippen LogP contribution in [0.15, 0.2) is 53.5 Å². The van der Waals surface area contributed by atoms with Crippen molar-refractivity contribution in [1.82, 2.24) is 0 Å². The Bertz CT molecular complexity index is 831. The van der Waals surface area contributed by atoms with Gasteiger partial charge in [-0.1, -0.05) is 53.7 Å². The number of aliphatic imine (C=N–C) groups is 1. The average Bonchev–Trinajstić information content (AvgIpc) is 3.18. The highest BCUT2D eigenvalue weighted by molar-refractivity contribution is 8.39. The molecule has 0 amide bonds. The van der Waals surface area contributed by atoms with Gasteiger partial charge in [0.25, 0.3) is 0 Å². The van der Waals surface area contributed by atoms with Crippen LogP contribution < -0.4 is 10.4 Å². The van der Waals surface area contributed by atoms with Crippen molar-refractivity contribution in [2.75, 3.05) is 30.3 Å². The van der Waals surface area contributed by atoms with Crippen molar-refractivity contribution in [3.8, 4) is 0 Å². The SMILES string of the molecule is CON1c2ccccc2[C@@]2(CN=C(SC)S2)[C@H]1Nc1ccccc1Cl. The summed E-state index contributed by atoms with van der Waals surface area (Å²) < 4.78 is 0.850. The molecule has 25 heavy (non-hydrogen) atoms. The van der Waals surface area contributed by atoms with Gasteiger partial charge in [-0.3, -0.25) is 9.83 Å². The van der Waals surface area contributed by atoms with Gasteiger partial charge in [0, 0.05) is 5.56 Å². The Hall–Kier alpha value is -1.34. The molecule has 0 fully saturated rings. The maximum absolute atomic E-state index is 6.39. The Kier molecular flexibility index (Phi) is 4.62. The molecule has 0 unspecified atom stereocenters. The number of hydrogen-bond acceptors (Lipinski definition) is 6. The summed E-state index contributed by atoms with van der Waals surface area (Å²) in [5.41, 5.74) is 3.19. The van der Waals surface area contributed by atoms with Gasteiger partial charge in [-0.15, -0.1) is 11.8 Å². The topological polar surface area (TPSA) is 36.9 Å². The van der Waals surface area contributed by atoms with E-state index in [2.05, 4.69) is 29.8 Å². The van der Waals surface area contributed by atoms with E-state index < -0.39 is 0 Å². The van der Waals surface area contributed by atoms with E-state index in [1.54, 1.807) is 30.6 Å². The van der Waals surface area contributed by atoms with E-state index in [1.165, 1.54) is 5.56 Å². The molecule has 2 aromatic rings. The molecule has 0 saturated carbocycles. The minimum absolute atomic E-state index is 0.117. The van der Waals surface area contributed by atoms with Crippen molar-refractivity contribution >= 4 is 50.9 Å². The van der Waals surface area contributed by atoms with Gasteiger partial charge in [-0.05, 0) is 24.5 Å². The summed E-state index contributed by atoms with van der Waals surface area (Å²) in [5, 5.41) is 6.23. The fraction of sp³-hybridized carbons (Fsp3) is 0.278. The van der Waals surface area contributed by atoms with Crippen molar-refractivity contribution in [1.29, 1.82) is 0 Å². The van der Waals surface area contributed by atoms with Gasteiger partial charge >= 0.3 is 0 Å². The highest BCUT2D eigenvalue weighted by atomic mass is 35.5. The number of benzene rings is 2. The number of fused-ring (bicyclic) bond motifs is 2. The zero-order valence-electron chi connectivity index (χ0n) is 13.9. The first kappa shape index (κ1) is 17.1. The van der Waals surface area contributed by atoms with E-state index in [0.717, 1.165) is 15.8 Å². The molecular weight excluding hydrogens is 374 g/mol. The van der Waals surface area contributed by atoms with Crippen LogP contribution in [0, 0.1) is 0 Å². The summed E-state index contributed by atoms with van der Waals surface area (Å²) in [5.74, 6) is 0. The molecule has 4 rings (SSSR count). The van der Waals surface area contributed by atoms with Gasteiger partial charge in [0.1, 0.15) is 15.3 Å². The Balaban J connectivity index is 1.79. The normalized spacial score (nSPS) is 24.5. The van der Waals surface area contributed by atoms with Crippen LogP contribution in [0.4, 0.5) is 11.4 Å². The molecule has 2 atom stereocenters. The Labute approximate surface area is 160 Å². The summed E-state index contributed by atoms with van der Waals surface area (Å²) >= 11 is 9.88. The molecule has 0 aliphatic carbocycles. The molecule has 1 N–H and O–H groups in total. The lowest BCUT2D eigenvalue weighted by Gasteiger charge is -2.35. The Morgan fingerprint density at radius 3 is 2.76 bits per heavy atom. The summed E-state index contributed by atoms with van der Waals surface area (Å²) in [6.07, 6.45) is 1.95. The molecule has 0 aromatic heterocycles. The lowest BCUT2D eigenvalue weighted by molar-refractivity contribution is 0.145. The molecule has 2 aliphatic heterocycles. The predicted octanol–water partition coefficient (Wildman–Crippen LogP) is 4.82. The molecule has 7 heteroatoms. The Morgan fingerprint density at radius 2 is 2.04 bits per heavy atom. The summed E-state index contributed by atoms with van der Waals surface area (Å²) in [6, 6.07) is 16.2. The number of halogens is 1. The van der Waals surface area contributed by atoms with E-state index in [-0.39, 0.29) is 10.9 Å². The second kappa shape index (κ2) is 6.76. The van der Waals surface area contributed by atoms with Crippen LogP contribution in [-0.4, -0.2) is 30.5 Å². The van der Waals surface area contributed by atoms with Gasteiger partial charge in [0.15, 0.2) is 0 Å². The fourth-order valence-corrected chi connectivity index (χ4v) is 5.68. The van der Waals surface area contributed by atoms with Gasteiger partial charge in [-0.2, -0.15) is 0 Å². The number of para-hydroxylation sites is 2. The number of hydroxylamine groups is 1. The van der Waals surface area contributed by atoms with Crippen LogP contribution in [0.2, 0.25) is 5.02 Å². The van der Waals surface area contributed by atoms with Crippen molar-refractivity contribution in [2.24, 2.45) is 4.99 Å². The van der Waals surface area contributed by atoms with Crippen LogP contribution in [0.3, 0.4) is 0 Å². The van der Waals surface area contributed by atoms with Crippen LogP contribution in [0.5, 0.6) is 0 Å². The van der Waals surface area contributed by atoms with Crippen molar-refractivity contribution in [2.45, 2.75) is 10.9 Å². The smallest absolute Gasteiger partial charge is 0.146 e. The number of nitrogens with one attached hydrogen (secondary N) is 1. The van der Waals surface area contributed by atoms with Crippen LogP contribution in [0.1, 0.15) is 5.56 Å². The number of nitrogens with zero attached hydrogens (tertiary/aromatic N) is 2. The molecule has 130 valence electrons. The summed E-state index contributed by atoms with van der Waals surface area (Å²) in [6.45, 7) is 0.701. The first-order valence-corrected chi connectivity index (χ1v) is 10.3. The molecule has 2 aromatic carbocycles. The maximum atomic E-state index is 6.39. The third-order valence-corrected chi connectivity index (χ3v) is 7.32. The summed E-state index contributed by atoms with van der Waals surface area (Å²) in [7, 11) is 1.70. The molecule has 0 bridgehead atoms. The minimum Gasteiger partial charge on any atom is -0.361 e. The van der Waals surface area contributed by atoms with Crippen LogP contribution >= 0.6 is 35.1 Å².